The van der Waals surface area contributed by atoms with E-state index in [0.29, 0.717) is 45.1 Å². The van der Waals surface area contributed by atoms with Crippen LogP contribution in [-0.4, -0.2) is 34.4 Å². The molecule has 1 N–H and O–H groups in total. The Hall–Kier alpha value is -2.07. The topological polar surface area (TPSA) is 67.9 Å². The molecule has 3 rings (SSSR count). The van der Waals surface area contributed by atoms with E-state index in [2.05, 4.69) is 5.43 Å². The van der Waals surface area contributed by atoms with Crippen LogP contribution in [0.5, 0.6) is 11.5 Å². The second-order valence-electron chi connectivity index (χ2n) is 5.63. The second kappa shape index (κ2) is 9.62. The van der Waals surface area contributed by atoms with Crippen LogP contribution < -0.4 is 14.9 Å². The number of benzene rings is 1. The maximum Gasteiger partial charge on any atom is 0.285 e. The minimum atomic E-state index is -0.409. The minimum absolute atomic E-state index is 0.244. The van der Waals surface area contributed by atoms with Gasteiger partial charge in [-0.05, 0) is 61.3 Å². The van der Waals surface area contributed by atoms with E-state index < -0.39 is 5.91 Å². The monoisotopic (exact) mass is 468 g/mol. The van der Waals surface area contributed by atoms with E-state index >= 15 is 0 Å². The van der Waals surface area contributed by atoms with Gasteiger partial charge < -0.3 is 9.47 Å². The summed E-state index contributed by atoms with van der Waals surface area (Å²) in [6.07, 6.45) is 1.65. The quantitative estimate of drug-likeness (QED) is 0.467. The number of carbonyl (C=O) groups excluding carboxylic acids is 2. The summed E-state index contributed by atoms with van der Waals surface area (Å²) in [6.45, 7) is 4.60. The molecule has 0 aliphatic carbocycles. The van der Waals surface area contributed by atoms with Crippen molar-refractivity contribution in [3.63, 3.8) is 0 Å². The molecule has 10 heteroatoms. The van der Waals surface area contributed by atoms with E-state index in [0.717, 1.165) is 16.8 Å². The van der Waals surface area contributed by atoms with Crippen molar-refractivity contribution in [1.29, 1.82) is 0 Å². The summed E-state index contributed by atoms with van der Waals surface area (Å²) in [5, 5.41) is 3.24. The first-order valence-corrected chi connectivity index (χ1v) is 11.1. The predicted molar refractivity (Wildman–Crippen MR) is 121 cm³/mol. The number of amides is 2. The molecule has 6 nitrogen and oxygen atoms in total. The third-order valence-corrected chi connectivity index (χ3v) is 6.12. The fourth-order valence-corrected chi connectivity index (χ4v) is 4.57. The highest BCUT2D eigenvalue weighted by Crippen LogP contribution is 2.39. The van der Waals surface area contributed by atoms with Crippen LogP contribution in [0.15, 0.2) is 34.6 Å². The van der Waals surface area contributed by atoms with Crippen LogP contribution in [0.2, 0.25) is 5.02 Å². The van der Waals surface area contributed by atoms with Crippen LogP contribution in [0, 0.1) is 0 Å². The lowest BCUT2D eigenvalue weighted by Gasteiger charge is -2.15. The smallest absolute Gasteiger partial charge is 0.285 e. The first-order chi connectivity index (χ1) is 13.9. The fourth-order valence-electron chi connectivity index (χ4n) is 2.50. The molecule has 1 fully saturated rings. The number of hydrazine groups is 1. The van der Waals surface area contributed by atoms with Gasteiger partial charge in [-0.25, -0.2) is 0 Å². The van der Waals surface area contributed by atoms with E-state index in [-0.39, 0.29) is 10.2 Å². The maximum atomic E-state index is 12.7. The number of halogens is 1. The van der Waals surface area contributed by atoms with Crippen LogP contribution in [0.1, 0.15) is 29.1 Å². The summed E-state index contributed by atoms with van der Waals surface area (Å²) >= 11 is 14.0. The zero-order valence-electron chi connectivity index (χ0n) is 15.6. The van der Waals surface area contributed by atoms with Crippen LogP contribution in [0.4, 0.5) is 0 Å². The summed E-state index contributed by atoms with van der Waals surface area (Å²) < 4.78 is 11.4. The zero-order chi connectivity index (χ0) is 21.0. The van der Waals surface area contributed by atoms with Gasteiger partial charge in [-0.1, -0.05) is 29.4 Å². The molecule has 0 unspecified atom stereocenters. The molecule has 0 atom stereocenters. The summed E-state index contributed by atoms with van der Waals surface area (Å²) in [6, 6.07) is 6.86. The molecule has 0 bridgehead atoms. The van der Waals surface area contributed by atoms with E-state index in [1.165, 1.54) is 11.3 Å². The Balaban J connectivity index is 1.84. The number of thioether (sulfide) groups is 1. The van der Waals surface area contributed by atoms with E-state index in [9.17, 15) is 9.59 Å². The van der Waals surface area contributed by atoms with Crippen LogP contribution in [0.25, 0.3) is 6.08 Å². The number of thiocarbonyl (C=S) groups is 1. The average Bonchev–Trinajstić information content (AvgIpc) is 3.30. The Bertz CT molecular complexity index is 976. The van der Waals surface area contributed by atoms with Gasteiger partial charge in [-0.15, -0.1) is 11.3 Å². The van der Waals surface area contributed by atoms with Crippen LogP contribution >= 0.6 is 46.9 Å². The van der Waals surface area contributed by atoms with Crippen molar-refractivity contribution in [3.05, 3.63) is 50.0 Å². The Morgan fingerprint density at radius 3 is 2.72 bits per heavy atom. The van der Waals surface area contributed by atoms with E-state index in [1.807, 2.05) is 13.8 Å². The number of thiophene rings is 1. The molecule has 1 aliphatic heterocycles. The lowest BCUT2D eigenvalue weighted by Crippen LogP contribution is -2.44. The number of nitrogens with one attached hydrogen (secondary N) is 1. The first kappa shape index (κ1) is 21.6. The molecule has 2 amide bonds. The Kier molecular flexibility index (Phi) is 7.18. The lowest BCUT2D eigenvalue weighted by atomic mass is 10.2. The lowest BCUT2D eigenvalue weighted by molar-refractivity contribution is -0.123. The predicted octanol–water partition coefficient (Wildman–Crippen LogP) is 4.75. The molecule has 0 saturated carbocycles. The molecule has 1 aromatic carbocycles. The molecular formula is C19H17ClN2O4S3. The van der Waals surface area contributed by atoms with E-state index in [1.54, 1.807) is 35.7 Å². The molecule has 29 heavy (non-hydrogen) atoms. The van der Waals surface area contributed by atoms with Crippen molar-refractivity contribution in [3.8, 4) is 11.5 Å². The first-order valence-electron chi connectivity index (χ1n) is 8.66. The molecule has 0 spiro atoms. The Labute approximate surface area is 186 Å². The van der Waals surface area contributed by atoms with Crippen molar-refractivity contribution in [1.82, 2.24) is 10.4 Å². The maximum absolute atomic E-state index is 12.7. The molecule has 1 aliphatic rings. The van der Waals surface area contributed by atoms with E-state index in [4.69, 9.17) is 33.3 Å². The number of ether oxygens (including phenoxy) is 2. The van der Waals surface area contributed by atoms with Crippen LogP contribution in [-0.2, 0) is 4.79 Å². The van der Waals surface area contributed by atoms with Gasteiger partial charge in [0.25, 0.3) is 11.8 Å². The standard InChI is InChI=1S/C19H17ClN2O4S3/c1-3-25-13-9-11(8-12(20)16(13)26-4-2)10-15-18(24)22(19(27)29-15)21-17(23)14-6-5-7-28-14/h5-10H,3-4H2,1-2H3,(H,21,23)/b15-10+. The SMILES string of the molecule is CCOc1cc(/C=C2/SC(=S)N(NC(=O)c3cccs3)C2=O)cc(Cl)c1OCC. The number of nitrogens with zero attached hydrogens (tertiary/aromatic N) is 1. The summed E-state index contributed by atoms with van der Waals surface area (Å²) in [5.74, 6) is 0.159. The largest absolute Gasteiger partial charge is 0.490 e. The number of rotatable bonds is 7. The van der Waals surface area contributed by atoms with Gasteiger partial charge >= 0.3 is 0 Å². The van der Waals surface area contributed by atoms with Gasteiger partial charge in [-0.3, -0.25) is 15.0 Å². The third kappa shape index (κ3) is 4.92. The molecule has 2 heterocycles. The zero-order valence-corrected chi connectivity index (χ0v) is 18.8. The number of hydrogen-bond acceptors (Lipinski definition) is 7. The average molecular weight is 469 g/mol. The minimum Gasteiger partial charge on any atom is -0.490 e. The molecule has 1 aromatic heterocycles. The van der Waals surface area contributed by atoms with Gasteiger partial charge in [-0.2, -0.15) is 5.01 Å². The third-order valence-electron chi connectivity index (χ3n) is 3.67. The van der Waals surface area contributed by atoms with Gasteiger partial charge in [0.1, 0.15) is 0 Å². The Morgan fingerprint density at radius 2 is 2.07 bits per heavy atom. The van der Waals surface area contributed by atoms with Gasteiger partial charge in [0.15, 0.2) is 15.8 Å². The van der Waals surface area contributed by atoms with Crippen molar-refractivity contribution in [2.45, 2.75) is 13.8 Å². The normalized spacial score (nSPS) is 15.1. The summed E-state index contributed by atoms with van der Waals surface area (Å²) in [5.41, 5.74) is 3.21. The summed E-state index contributed by atoms with van der Waals surface area (Å²) in [4.78, 5) is 25.8. The van der Waals surface area contributed by atoms with Gasteiger partial charge in [0, 0.05) is 0 Å². The Morgan fingerprint density at radius 1 is 1.31 bits per heavy atom. The molecule has 0 radical (unpaired) electrons. The summed E-state index contributed by atoms with van der Waals surface area (Å²) in [7, 11) is 0. The van der Waals surface area contributed by atoms with Gasteiger partial charge in [0.05, 0.1) is 28.0 Å². The van der Waals surface area contributed by atoms with Crippen molar-refractivity contribution >= 4 is 69.1 Å². The van der Waals surface area contributed by atoms with Crippen LogP contribution in [0.3, 0.4) is 0 Å². The fraction of sp³-hybridized carbons (Fsp3) is 0.211. The van der Waals surface area contributed by atoms with Crippen molar-refractivity contribution in [2.24, 2.45) is 0 Å². The molecule has 152 valence electrons. The highest BCUT2D eigenvalue weighted by atomic mass is 35.5. The van der Waals surface area contributed by atoms with Crippen molar-refractivity contribution in [2.75, 3.05) is 13.2 Å². The molecular weight excluding hydrogens is 452 g/mol. The highest BCUT2D eigenvalue weighted by Gasteiger charge is 2.34. The molecule has 1 saturated heterocycles. The number of hydrogen-bond donors (Lipinski definition) is 1. The van der Waals surface area contributed by atoms with Gasteiger partial charge in [0.2, 0.25) is 0 Å². The van der Waals surface area contributed by atoms with Crippen molar-refractivity contribution < 1.29 is 19.1 Å². The highest BCUT2D eigenvalue weighted by molar-refractivity contribution is 8.26. The second-order valence-corrected chi connectivity index (χ2v) is 8.66. The molecule has 2 aromatic rings. The number of carbonyl (C=O) groups is 2.